The molecule has 1 aromatic rings. The molecule has 1 atom stereocenters. The molecule has 0 aliphatic heterocycles. The van der Waals surface area contributed by atoms with Gasteiger partial charge in [0, 0.05) is 10.9 Å². The van der Waals surface area contributed by atoms with E-state index in [1.54, 1.807) is 0 Å². The topological polar surface area (TPSA) is 12.0 Å². The lowest BCUT2D eigenvalue weighted by molar-refractivity contribution is 0.598. The summed E-state index contributed by atoms with van der Waals surface area (Å²) in [6, 6.07) is 9.19. The van der Waals surface area contributed by atoms with Crippen LogP contribution in [-0.4, -0.2) is 18.8 Å². The van der Waals surface area contributed by atoms with Crippen LogP contribution in [0.15, 0.2) is 29.2 Å². The number of nitrogens with one attached hydrogen (secondary N) is 1. The molecule has 0 saturated carbocycles. The Kier molecular flexibility index (Phi) is 5.05. The minimum absolute atomic E-state index is 0.617. The number of benzene rings is 1. The third kappa shape index (κ3) is 3.72. The molecule has 0 fully saturated rings. The van der Waals surface area contributed by atoms with E-state index < -0.39 is 0 Å². The molecule has 0 heterocycles. The van der Waals surface area contributed by atoms with Crippen molar-refractivity contribution in [3.63, 3.8) is 0 Å². The molecule has 0 aromatic heterocycles. The van der Waals surface area contributed by atoms with Gasteiger partial charge in [-0.3, -0.25) is 0 Å². The molecule has 1 nitrogen and oxygen atoms in total. The lowest BCUT2D eigenvalue weighted by atomic mass is 10.2. The van der Waals surface area contributed by atoms with Gasteiger partial charge in [-0.1, -0.05) is 18.2 Å². The maximum atomic E-state index is 3.25. The molecule has 0 aliphatic carbocycles. The van der Waals surface area contributed by atoms with Crippen molar-refractivity contribution in [2.75, 3.05) is 12.8 Å². The fraction of sp³-hybridized carbons (Fsp3) is 0.500. The zero-order valence-corrected chi connectivity index (χ0v) is 10.0. The lowest BCUT2D eigenvalue weighted by Crippen LogP contribution is -2.21. The van der Waals surface area contributed by atoms with Crippen LogP contribution in [0.3, 0.4) is 0 Å². The number of thioether (sulfide) groups is 1. The van der Waals surface area contributed by atoms with Gasteiger partial charge >= 0.3 is 0 Å². The molecule has 78 valence electrons. The lowest BCUT2D eigenvalue weighted by Gasteiger charge is -2.10. The van der Waals surface area contributed by atoms with Crippen LogP contribution >= 0.6 is 11.8 Å². The van der Waals surface area contributed by atoms with E-state index in [2.05, 4.69) is 43.4 Å². The molecule has 0 radical (unpaired) electrons. The van der Waals surface area contributed by atoms with Crippen molar-refractivity contribution < 1.29 is 0 Å². The van der Waals surface area contributed by atoms with E-state index in [9.17, 15) is 0 Å². The average Bonchev–Trinajstić information content (AvgIpc) is 2.20. The summed E-state index contributed by atoms with van der Waals surface area (Å²) in [5.41, 5.74) is 1.38. The second kappa shape index (κ2) is 6.10. The van der Waals surface area contributed by atoms with Gasteiger partial charge in [-0.25, -0.2) is 0 Å². The Labute approximate surface area is 91.3 Å². The first kappa shape index (κ1) is 11.6. The molecule has 1 N–H and O–H groups in total. The molecule has 0 aliphatic rings. The van der Waals surface area contributed by atoms with Crippen LogP contribution in [0.25, 0.3) is 0 Å². The summed E-state index contributed by atoms with van der Waals surface area (Å²) in [6.45, 7) is 4.39. The van der Waals surface area contributed by atoms with Gasteiger partial charge in [-0.2, -0.15) is 0 Å². The van der Waals surface area contributed by atoms with Crippen molar-refractivity contribution in [2.24, 2.45) is 0 Å². The maximum absolute atomic E-state index is 3.25. The quantitative estimate of drug-likeness (QED) is 0.748. The van der Waals surface area contributed by atoms with E-state index in [1.807, 2.05) is 18.8 Å². The molecule has 14 heavy (non-hydrogen) atoms. The number of hydrogen-bond donors (Lipinski definition) is 1. The minimum Gasteiger partial charge on any atom is -0.317 e. The summed E-state index contributed by atoms with van der Waals surface area (Å²) < 4.78 is 0. The molecule has 1 rings (SSSR count). The van der Waals surface area contributed by atoms with Crippen LogP contribution in [0, 0.1) is 6.92 Å². The van der Waals surface area contributed by atoms with Gasteiger partial charge in [-0.15, -0.1) is 11.8 Å². The van der Waals surface area contributed by atoms with Crippen LogP contribution in [0.1, 0.15) is 18.9 Å². The molecule has 0 amide bonds. The van der Waals surface area contributed by atoms with Crippen molar-refractivity contribution in [1.29, 1.82) is 0 Å². The van der Waals surface area contributed by atoms with Crippen molar-refractivity contribution in [2.45, 2.75) is 31.2 Å². The van der Waals surface area contributed by atoms with Crippen molar-refractivity contribution in [3.05, 3.63) is 29.8 Å². The molecule has 0 spiro atoms. The number of hydrogen-bond acceptors (Lipinski definition) is 2. The highest BCUT2D eigenvalue weighted by atomic mass is 32.2. The van der Waals surface area contributed by atoms with Gasteiger partial charge in [0.1, 0.15) is 0 Å². The van der Waals surface area contributed by atoms with Crippen LogP contribution in [-0.2, 0) is 0 Å². The van der Waals surface area contributed by atoms with Gasteiger partial charge in [-0.05, 0) is 44.7 Å². The summed E-state index contributed by atoms with van der Waals surface area (Å²) in [5, 5.41) is 3.25. The van der Waals surface area contributed by atoms with E-state index in [0.29, 0.717) is 6.04 Å². The van der Waals surface area contributed by atoms with E-state index in [1.165, 1.54) is 22.6 Å². The minimum atomic E-state index is 0.617. The number of rotatable bonds is 5. The second-order valence-corrected chi connectivity index (χ2v) is 4.73. The zero-order chi connectivity index (χ0) is 10.4. The third-order valence-corrected chi connectivity index (χ3v) is 3.60. The second-order valence-electron chi connectivity index (χ2n) is 3.59. The van der Waals surface area contributed by atoms with Crippen LogP contribution in [0.4, 0.5) is 0 Å². The molecule has 2 heteroatoms. The number of aryl methyl sites for hydroxylation is 1. The van der Waals surface area contributed by atoms with Gasteiger partial charge < -0.3 is 5.32 Å². The summed E-state index contributed by atoms with van der Waals surface area (Å²) in [7, 11) is 2.02. The zero-order valence-electron chi connectivity index (χ0n) is 9.21. The average molecular weight is 209 g/mol. The summed E-state index contributed by atoms with van der Waals surface area (Å²) in [5.74, 6) is 1.19. The van der Waals surface area contributed by atoms with E-state index in [-0.39, 0.29) is 0 Å². The highest BCUT2D eigenvalue weighted by Gasteiger charge is 2.00. The molecule has 1 unspecified atom stereocenters. The monoisotopic (exact) mass is 209 g/mol. The van der Waals surface area contributed by atoms with Gasteiger partial charge in [0.25, 0.3) is 0 Å². The van der Waals surface area contributed by atoms with Gasteiger partial charge in [0.15, 0.2) is 0 Å². The Morgan fingerprint density at radius 1 is 1.36 bits per heavy atom. The van der Waals surface area contributed by atoms with Crippen LogP contribution in [0.5, 0.6) is 0 Å². The first-order valence-electron chi connectivity index (χ1n) is 5.09. The third-order valence-electron chi connectivity index (χ3n) is 2.39. The maximum Gasteiger partial charge on any atom is 0.0101 e. The summed E-state index contributed by atoms with van der Waals surface area (Å²) >= 11 is 1.95. The Balaban J connectivity index is 2.35. The highest BCUT2D eigenvalue weighted by molar-refractivity contribution is 7.99. The fourth-order valence-corrected chi connectivity index (χ4v) is 2.37. The van der Waals surface area contributed by atoms with E-state index in [0.717, 1.165) is 0 Å². The molecule has 0 bridgehead atoms. The Morgan fingerprint density at radius 3 is 2.71 bits per heavy atom. The van der Waals surface area contributed by atoms with Gasteiger partial charge in [0.05, 0.1) is 0 Å². The normalized spacial score (nSPS) is 12.8. The first-order chi connectivity index (χ1) is 6.74. The Hall–Kier alpha value is -0.470. The Morgan fingerprint density at radius 2 is 2.07 bits per heavy atom. The standard InChI is InChI=1S/C12H19NS/c1-10-6-4-5-7-12(10)14-9-8-11(2)13-3/h4-7,11,13H,8-9H2,1-3H3. The van der Waals surface area contributed by atoms with E-state index >= 15 is 0 Å². The largest absolute Gasteiger partial charge is 0.317 e. The van der Waals surface area contributed by atoms with Crippen molar-refractivity contribution in [3.8, 4) is 0 Å². The molecular weight excluding hydrogens is 190 g/mol. The van der Waals surface area contributed by atoms with Crippen molar-refractivity contribution >= 4 is 11.8 Å². The Bertz CT molecular complexity index is 273. The fourth-order valence-electron chi connectivity index (χ4n) is 1.21. The molecule has 0 saturated heterocycles. The summed E-state index contributed by atoms with van der Waals surface area (Å²) in [4.78, 5) is 1.41. The SMILES string of the molecule is CNC(C)CCSc1ccccc1C. The van der Waals surface area contributed by atoms with Gasteiger partial charge in [0.2, 0.25) is 0 Å². The first-order valence-corrected chi connectivity index (χ1v) is 6.08. The predicted octanol–water partition coefficient (Wildman–Crippen LogP) is 3.09. The predicted molar refractivity (Wildman–Crippen MR) is 65.0 cm³/mol. The van der Waals surface area contributed by atoms with Crippen LogP contribution < -0.4 is 5.32 Å². The summed E-state index contributed by atoms with van der Waals surface area (Å²) in [6.07, 6.45) is 1.22. The smallest absolute Gasteiger partial charge is 0.0101 e. The highest BCUT2D eigenvalue weighted by Crippen LogP contribution is 2.22. The van der Waals surface area contributed by atoms with Crippen LogP contribution in [0.2, 0.25) is 0 Å². The van der Waals surface area contributed by atoms with E-state index in [4.69, 9.17) is 0 Å². The van der Waals surface area contributed by atoms with Crippen molar-refractivity contribution in [1.82, 2.24) is 5.32 Å². The molecule has 1 aromatic carbocycles. The molecular formula is C12H19NS.